The maximum absolute atomic E-state index is 9.08. The van der Waals surface area contributed by atoms with Crippen LogP contribution in [0.1, 0.15) is 37.7 Å². The van der Waals surface area contributed by atoms with Gasteiger partial charge in [0.05, 0.1) is 18.7 Å². The Hall–Kier alpha value is -0.940. The Kier molecular flexibility index (Phi) is 2.79. The second-order valence-electron chi connectivity index (χ2n) is 3.78. The van der Waals surface area contributed by atoms with Crippen LogP contribution in [0.25, 0.3) is 0 Å². The molecule has 0 spiro atoms. The van der Waals surface area contributed by atoms with Crippen LogP contribution in [-0.2, 0) is 0 Å². The number of aliphatic hydroxyl groups excluding tert-OH is 1. The summed E-state index contributed by atoms with van der Waals surface area (Å²) in [6.07, 6.45) is 3.98. The molecule has 1 saturated heterocycles. The molecule has 1 aromatic rings. The molecule has 5 heteroatoms. The van der Waals surface area contributed by atoms with E-state index in [1.807, 2.05) is 11.5 Å². The Morgan fingerprint density at radius 2 is 2.64 bits per heavy atom. The molecule has 0 bridgehead atoms. The summed E-state index contributed by atoms with van der Waals surface area (Å²) in [5.74, 6) is 0.948. The van der Waals surface area contributed by atoms with Crippen LogP contribution in [0, 0.1) is 0 Å². The number of hydrogen-bond donors (Lipinski definition) is 2. The summed E-state index contributed by atoms with van der Waals surface area (Å²) < 4.78 is 1.95. The lowest BCUT2D eigenvalue weighted by atomic mass is 10.2. The van der Waals surface area contributed by atoms with Crippen LogP contribution >= 0.6 is 0 Å². The van der Waals surface area contributed by atoms with Crippen LogP contribution < -0.4 is 5.32 Å². The second-order valence-corrected chi connectivity index (χ2v) is 3.78. The van der Waals surface area contributed by atoms with E-state index in [-0.39, 0.29) is 12.6 Å². The van der Waals surface area contributed by atoms with E-state index in [2.05, 4.69) is 15.5 Å². The minimum absolute atomic E-state index is 0.0578. The van der Waals surface area contributed by atoms with E-state index in [0.717, 1.165) is 18.8 Å². The van der Waals surface area contributed by atoms with Crippen molar-refractivity contribution in [1.29, 1.82) is 0 Å². The Morgan fingerprint density at radius 1 is 1.79 bits per heavy atom. The van der Waals surface area contributed by atoms with Crippen molar-refractivity contribution in [3.63, 3.8) is 0 Å². The maximum atomic E-state index is 9.08. The van der Waals surface area contributed by atoms with Crippen LogP contribution in [0.4, 0.5) is 0 Å². The zero-order chi connectivity index (χ0) is 9.97. The molecule has 1 aliphatic rings. The van der Waals surface area contributed by atoms with Gasteiger partial charge in [0, 0.05) is 0 Å². The zero-order valence-corrected chi connectivity index (χ0v) is 8.35. The Bertz CT molecular complexity index is 293. The normalized spacial score (nSPS) is 24.0. The zero-order valence-electron chi connectivity index (χ0n) is 8.35. The molecule has 0 aliphatic carbocycles. The van der Waals surface area contributed by atoms with E-state index >= 15 is 0 Å². The van der Waals surface area contributed by atoms with Crippen molar-refractivity contribution in [3.05, 3.63) is 12.2 Å². The number of aliphatic hydroxyl groups is 1. The van der Waals surface area contributed by atoms with Gasteiger partial charge in [-0.05, 0) is 26.3 Å². The lowest BCUT2D eigenvalue weighted by Crippen LogP contribution is -2.20. The largest absolute Gasteiger partial charge is 0.394 e. The standard InChI is InChI=1S/C9H16N4O/c1-7(5-14)13-6-11-12-9(13)8-3-2-4-10-8/h6-8,10,14H,2-5H2,1H3. The van der Waals surface area contributed by atoms with Crippen molar-refractivity contribution in [2.45, 2.75) is 31.8 Å². The van der Waals surface area contributed by atoms with Gasteiger partial charge in [0.2, 0.25) is 0 Å². The Morgan fingerprint density at radius 3 is 3.29 bits per heavy atom. The molecule has 2 rings (SSSR count). The van der Waals surface area contributed by atoms with Crippen LogP contribution in [0.3, 0.4) is 0 Å². The lowest BCUT2D eigenvalue weighted by Gasteiger charge is -2.16. The molecule has 0 radical (unpaired) electrons. The van der Waals surface area contributed by atoms with E-state index in [9.17, 15) is 0 Å². The first-order valence-electron chi connectivity index (χ1n) is 5.06. The monoisotopic (exact) mass is 196 g/mol. The summed E-state index contributed by atoms with van der Waals surface area (Å²) in [5, 5.41) is 20.5. The first kappa shape index (κ1) is 9.61. The fourth-order valence-electron chi connectivity index (χ4n) is 1.83. The highest BCUT2D eigenvalue weighted by atomic mass is 16.3. The predicted molar refractivity (Wildman–Crippen MR) is 51.8 cm³/mol. The van der Waals surface area contributed by atoms with Gasteiger partial charge in [-0.25, -0.2) is 0 Å². The van der Waals surface area contributed by atoms with Gasteiger partial charge in [0.15, 0.2) is 0 Å². The van der Waals surface area contributed by atoms with Gasteiger partial charge < -0.3 is 15.0 Å². The summed E-state index contributed by atoms with van der Waals surface area (Å²) in [5.41, 5.74) is 0. The fourth-order valence-corrected chi connectivity index (χ4v) is 1.83. The van der Waals surface area contributed by atoms with Crippen LogP contribution in [0.15, 0.2) is 6.33 Å². The SMILES string of the molecule is CC(CO)n1cnnc1C1CCCN1. The number of nitrogens with zero attached hydrogens (tertiary/aromatic N) is 3. The molecular formula is C9H16N4O. The molecule has 1 aromatic heterocycles. The fraction of sp³-hybridized carbons (Fsp3) is 0.778. The highest BCUT2D eigenvalue weighted by Crippen LogP contribution is 2.22. The van der Waals surface area contributed by atoms with Crippen molar-refractivity contribution in [3.8, 4) is 0 Å². The van der Waals surface area contributed by atoms with E-state index in [0.29, 0.717) is 6.04 Å². The molecule has 2 heterocycles. The molecule has 2 N–H and O–H groups in total. The van der Waals surface area contributed by atoms with Gasteiger partial charge in [0.25, 0.3) is 0 Å². The van der Waals surface area contributed by atoms with Gasteiger partial charge >= 0.3 is 0 Å². The quantitative estimate of drug-likeness (QED) is 0.727. The van der Waals surface area contributed by atoms with Crippen LogP contribution in [-0.4, -0.2) is 33.0 Å². The number of hydrogen-bond acceptors (Lipinski definition) is 4. The van der Waals surface area contributed by atoms with E-state index in [1.165, 1.54) is 6.42 Å². The van der Waals surface area contributed by atoms with Gasteiger partial charge in [-0.2, -0.15) is 0 Å². The third-order valence-electron chi connectivity index (χ3n) is 2.71. The summed E-state index contributed by atoms with van der Waals surface area (Å²) in [4.78, 5) is 0. The topological polar surface area (TPSA) is 63.0 Å². The first-order valence-corrected chi connectivity index (χ1v) is 5.06. The number of rotatable bonds is 3. The minimum Gasteiger partial charge on any atom is -0.394 e. The van der Waals surface area contributed by atoms with Crippen molar-refractivity contribution >= 4 is 0 Å². The highest BCUT2D eigenvalue weighted by Gasteiger charge is 2.22. The lowest BCUT2D eigenvalue weighted by molar-refractivity contribution is 0.234. The minimum atomic E-state index is 0.0578. The Labute approximate surface area is 83.2 Å². The molecule has 0 aromatic carbocycles. The van der Waals surface area contributed by atoms with Crippen LogP contribution in [0.2, 0.25) is 0 Å². The van der Waals surface area contributed by atoms with Gasteiger partial charge in [-0.15, -0.1) is 10.2 Å². The molecule has 1 aliphatic heterocycles. The summed E-state index contributed by atoms with van der Waals surface area (Å²) in [6.45, 7) is 3.13. The highest BCUT2D eigenvalue weighted by molar-refractivity contribution is 4.99. The van der Waals surface area contributed by atoms with Crippen molar-refractivity contribution in [2.75, 3.05) is 13.2 Å². The summed E-state index contributed by atoms with van der Waals surface area (Å²) >= 11 is 0. The number of aromatic nitrogens is 3. The first-order chi connectivity index (χ1) is 6.83. The molecule has 78 valence electrons. The van der Waals surface area contributed by atoms with Gasteiger partial charge in [-0.3, -0.25) is 0 Å². The molecule has 0 saturated carbocycles. The molecular weight excluding hydrogens is 180 g/mol. The number of nitrogens with one attached hydrogen (secondary N) is 1. The third kappa shape index (κ3) is 1.65. The van der Waals surface area contributed by atoms with Crippen molar-refractivity contribution in [1.82, 2.24) is 20.1 Å². The average molecular weight is 196 g/mol. The van der Waals surface area contributed by atoms with E-state index in [1.54, 1.807) is 6.33 Å². The van der Waals surface area contributed by atoms with Crippen molar-refractivity contribution < 1.29 is 5.11 Å². The second kappa shape index (κ2) is 4.06. The van der Waals surface area contributed by atoms with Gasteiger partial charge in [-0.1, -0.05) is 0 Å². The smallest absolute Gasteiger partial charge is 0.150 e. The van der Waals surface area contributed by atoms with E-state index < -0.39 is 0 Å². The molecule has 2 unspecified atom stereocenters. The average Bonchev–Trinajstić information content (AvgIpc) is 2.85. The summed E-state index contributed by atoms with van der Waals surface area (Å²) in [7, 11) is 0. The molecule has 0 amide bonds. The predicted octanol–water partition coefficient (Wildman–Crippen LogP) is 0.256. The van der Waals surface area contributed by atoms with E-state index in [4.69, 9.17) is 5.11 Å². The third-order valence-corrected chi connectivity index (χ3v) is 2.71. The Balaban J connectivity index is 2.19. The molecule has 2 atom stereocenters. The van der Waals surface area contributed by atoms with Crippen LogP contribution in [0.5, 0.6) is 0 Å². The molecule has 1 fully saturated rings. The molecule has 14 heavy (non-hydrogen) atoms. The maximum Gasteiger partial charge on any atom is 0.150 e. The van der Waals surface area contributed by atoms with Crippen molar-refractivity contribution in [2.24, 2.45) is 0 Å². The summed E-state index contributed by atoms with van der Waals surface area (Å²) in [6, 6.07) is 0.369. The molecule has 5 nitrogen and oxygen atoms in total. The van der Waals surface area contributed by atoms with Gasteiger partial charge in [0.1, 0.15) is 12.2 Å².